The van der Waals surface area contributed by atoms with Gasteiger partial charge < -0.3 is 0 Å². The molecule has 0 spiro atoms. The summed E-state index contributed by atoms with van der Waals surface area (Å²) in [6.07, 6.45) is 0. The lowest BCUT2D eigenvalue weighted by atomic mass is 10.1. The molecule has 1 aromatic heterocycles. The van der Waals surface area contributed by atoms with Crippen LogP contribution < -0.4 is 0 Å². The van der Waals surface area contributed by atoms with Gasteiger partial charge in [-0.05, 0) is 18.2 Å². The van der Waals surface area contributed by atoms with Gasteiger partial charge in [0.2, 0.25) is 0 Å². The van der Waals surface area contributed by atoms with Crippen molar-refractivity contribution in [2.75, 3.05) is 0 Å². The van der Waals surface area contributed by atoms with Crippen LogP contribution in [0.15, 0.2) is 30.3 Å². The molecule has 0 bridgehead atoms. The molecule has 0 saturated carbocycles. The summed E-state index contributed by atoms with van der Waals surface area (Å²) in [5.41, 5.74) is 0.872. The minimum atomic E-state index is 0.00586. The number of carbonyl (C=O) groups excluding carboxylic acids is 1. The molecule has 0 aliphatic carbocycles. The highest BCUT2D eigenvalue weighted by Crippen LogP contribution is 2.37. The van der Waals surface area contributed by atoms with Gasteiger partial charge in [-0.25, -0.2) is 0 Å². The van der Waals surface area contributed by atoms with E-state index >= 15 is 0 Å². The molecule has 2 aromatic rings. The van der Waals surface area contributed by atoms with Crippen LogP contribution >= 0.6 is 34.5 Å². The zero-order chi connectivity index (χ0) is 13.3. The monoisotopic (exact) mass is 298 g/mol. The summed E-state index contributed by atoms with van der Waals surface area (Å²) in [5.74, 6) is 0.163. The van der Waals surface area contributed by atoms with Crippen LogP contribution in [0.1, 0.15) is 23.5 Å². The zero-order valence-electron chi connectivity index (χ0n) is 10.0. The molecule has 0 aliphatic heterocycles. The first kappa shape index (κ1) is 13.6. The van der Waals surface area contributed by atoms with E-state index in [4.69, 9.17) is 23.2 Å². The maximum atomic E-state index is 11.9. The normalized spacial score (nSPS) is 10.9. The number of benzene rings is 1. The Morgan fingerprint density at radius 1 is 1.17 bits per heavy atom. The van der Waals surface area contributed by atoms with E-state index in [1.807, 2.05) is 38.1 Å². The van der Waals surface area contributed by atoms with Crippen molar-refractivity contribution in [3.05, 3.63) is 45.3 Å². The van der Waals surface area contributed by atoms with E-state index < -0.39 is 0 Å². The van der Waals surface area contributed by atoms with Gasteiger partial charge in [0, 0.05) is 16.4 Å². The number of carbonyl (C=O) groups is 1. The molecule has 1 heterocycles. The maximum absolute atomic E-state index is 11.9. The van der Waals surface area contributed by atoms with Crippen LogP contribution in [-0.4, -0.2) is 5.78 Å². The third-order valence-electron chi connectivity index (χ3n) is 2.59. The molecule has 1 aromatic carbocycles. The second-order valence-electron chi connectivity index (χ2n) is 4.28. The molecule has 0 radical (unpaired) electrons. The average molecular weight is 299 g/mol. The zero-order valence-corrected chi connectivity index (χ0v) is 12.4. The Balaban J connectivity index is 2.41. The SMILES string of the molecule is CC(C)C(=O)c1ccc(-c2cccc(Cl)c2Cl)s1. The summed E-state index contributed by atoms with van der Waals surface area (Å²) in [7, 11) is 0. The van der Waals surface area contributed by atoms with Crippen LogP contribution in [0.3, 0.4) is 0 Å². The summed E-state index contributed by atoms with van der Waals surface area (Å²) in [4.78, 5) is 13.6. The minimum Gasteiger partial charge on any atom is -0.293 e. The van der Waals surface area contributed by atoms with Crippen molar-refractivity contribution in [1.29, 1.82) is 0 Å². The van der Waals surface area contributed by atoms with Crippen molar-refractivity contribution in [3.8, 4) is 10.4 Å². The predicted octanol–water partition coefficient (Wildman–Crippen LogP) is 5.56. The van der Waals surface area contributed by atoms with Crippen LogP contribution in [-0.2, 0) is 0 Å². The van der Waals surface area contributed by atoms with Crippen LogP contribution in [0.25, 0.3) is 10.4 Å². The van der Waals surface area contributed by atoms with Crippen molar-refractivity contribution >= 4 is 40.3 Å². The van der Waals surface area contributed by atoms with Crippen molar-refractivity contribution in [2.45, 2.75) is 13.8 Å². The Labute approximate surface area is 120 Å². The number of hydrogen-bond acceptors (Lipinski definition) is 2. The van der Waals surface area contributed by atoms with E-state index in [1.54, 1.807) is 6.07 Å². The summed E-state index contributed by atoms with van der Waals surface area (Å²) in [6, 6.07) is 9.27. The van der Waals surface area contributed by atoms with Gasteiger partial charge in [0.25, 0.3) is 0 Å². The largest absolute Gasteiger partial charge is 0.293 e. The summed E-state index contributed by atoms with van der Waals surface area (Å²) >= 11 is 13.6. The second kappa shape index (κ2) is 5.43. The van der Waals surface area contributed by atoms with Crippen molar-refractivity contribution in [2.24, 2.45) is 5.92 Å². The van der Waals surface area contributed by atoms with E-state index in [9.17, 15) is 4.79 Å². The molecular weight excluding hydrogens is 287 g/mol. The molecule has 94 valence electrons. The number of rotatable bonds is 3. The topological polar surface area (TPSA) is 17.1 Å². The van der Waals surface area contributed by atoms with E-state index in [1.165, 1.54) is 11.3 Å². The Bertz CT molecular complexity index is 587. The molecule has 0 amide bonds. The summed E-state index contributed by atoms with van der Waals surface area (Å²) in [6.45, 7) is 3.79. The number of hydrogen-bond donors (Lipinski definition) is 0. The highest BCUT2D eigenvalue weighted by molar-refractivity contribution is 7.17. The molecule has 0 unspecified atom stereocenters. The summed E-state index contributed by atoms with van der Waals surface area (Å²) in [5, 5.41) is 1.06. The smallest absolute Gasteiger partial charge is 0.175 e. The van der Waals surface area contributed by atoms with Crippen LogP contribution in [0, 0.1) is 5.92 Å². The lowest BCUT2D eigenvalue weighted by molar-refractivity contribution is 0.0943. The van der Waals surface area contributed by atoms with E-state index in [0.717, 1.165) is 15.3 Å². The lowest BCUT2D eigenvalue weighted by Gasteiger charge is -2.03. The van der Waals surface area contributed by atoms with Gasteiger partial charge in [-0.15, -0.1) is 11.3 Å². The van der Waals surface area contributed by atoms with E-state index in [-0.39, 0.29) is 11.7 Å². The number of Topliss-reactive ketones (excluding diaryl/α,β-unsaturated/α-hetero) is 1. The third-order valence-corrected chi connectivity index (χ3v) is 4.54. The highest BCUT2D eigenvalue weighted by atomic mass is 35.5. The van der Waals surface area contributed by atoms with Crippen molar-refractivity contribution < 1.29 is 4.79 Å². The third kappa shape index (κ3) is 2.61. The molecule has 4 heteroatoms. The Hall–Kier alpha value is -0.830. The van der Waals surface area contributed by atoms with Gasteiger partial charge in [0.05, 0.1) is 14.9 Å². The van der Waals surface area contributed by atoms with E-state index in [2.05, 4.69) is 0 Å². The Morgan fingerprint density at radius 2 is 1.89 bits per heavy atom. The molecular formula is C14H12Cl2OS. The molecule has 0 aliphatic rings. The lowest BCUT2D eigenvalue weighted by Crippen LogP contribution is -2.04. The first-order chi connectivity index (χ1) is 8.50. The fourth-order valence-corrected chi connectivity index (χ4v) is 3.18. The summed E-state index contributed by atoms with van der Waals surface area (Å²) < 4.78 is 0. The first-order valence-electron chi connectivity index (χ1n) is 5.59. The predicted molar refractivity (Wildman–Crippen MR) is 78.9 cm³/mol. The molecule has 0 N–H and O–H groups in total. The fraction of sp³-hybridized carbons (Fsp3) is 0.214. The fourth-order valence-electron chi connectivity index (χ4n) is 1.59. The van der Waals surface area contributed by atoms with E-state index in [0.29, 0.717) is 10.0 Å². The van der Waals surface area contributed by atoms with Gasteiger partial charge in [0.15, 0.2) is 5.78 Å². The molecule has 0 fully saturated rings. The molecule has 0 atom stereocenters. The van der Waals surface area contributed by atoms with Gasteiger partial charge in [-0.1, -0.05) is 49.2 Å². The maximum Gasteiger partial charge on any atom is 0.175 e. The molecule has 0 saturated heterocycles. The number of ketones is 1. The Morgan fingerprint density at radius 3 is 2.56 bits per heavy atom. The Kier molecular flexibility index (Phi) is 4.10. The standard InChI is InChI=1S/C14H12Cl2OS/c1-8(2)14(17)12-7-6-11(18-12)9-4-3-5-10(15)13(9)16/h3-8H,1-2H3. The average Bonchev–Trinajstić information content (AvgIpc) is 2.80. The highest BCUT2D eigenvalue weighted by Gasteiger charge is 2.15. The van der Waals surface area contributed by atoms with Gasteiger partial charge in [0.1, 0.15) is 0 Å². The van der Waals surface area contributed by atoms with Crippen molar-refractivity contribution in [3.63, 3.8) is 0 Å². The van der Waals surface area contributed by atoms with Crippen molar-refractivity contribution in [1.82, 2.24) is 0 Å². The minimum absolute atomic E-state index is 0.00586. The number of halogens is 2. The van der Waals surface area contributed by atoms with Crippen LogP contribution in [0.4, 0.5) is 0 Å². The van der Waals surface area contributed by atoms with Gasteiger partial charge >= 0.3 is 0 Å². The first-order valence-corrected chi connectivity index (χ1v) is 7.16. The molecule has 18 heavy (non-hydrogen) atoms. The second-order valence-corrected chi connectivity index (χ2v) is 6.15. The quantitative estimate of drug-likeness (QED) is 0.678. The van der Waals surface area contributed by atoms with Gasteiger partial charge in [-0.2, -0.15) is 0 Å². The number of thiophene rings is 1. The molecule has 2 rings (SSSR count). The van der Waals surface area contributed by atoms with Crippen LogP contribution in [0.5, 0.6) is 0 Å². The van der Waals surface area contributed by atoms with Gasteiger partial charge in [-0.3, -0.25) is 4.79 Å². The van der Waals surface area contributed by atoms with Crippen LogP contribution in [0.2, 0.25) is 10.0 Å². The molecule has 1 nitrogen and oxygen atoms in total.